The Morgan fingerprint density at radius 2 is 1.88 bits per heavy atom. The Balaban J connectivity index is 1.56. The van der Waals surface area contributed by atoms with Crippen LogP contribution in [0.15, 0.2) is 42.5 Å². The highest BCUT2D eigenvalue weighted by Crippen LogP contribution is 2.27. The molecule has 0 aliphatic rings. The first kappa shape index (κ1) is 17.8. The van der Waals surface area contributed by atoms with Gasteiger partial charge in [0.15, 0.2) is 11.5 Å². The minimum absolute atomic E-state index is 0.129. The number of carbonyl (C=O) groups excluding carboxylic acids is 1. The van der Waals surface area contributed by atoms with E-state index in [2.05, 4.69) is 20.9 Å². The van der Waals surface area contributed by atoms with Crippen molar-refractivity contribution >= 4 is 16.9 Å². The van der Waals surface area contributed by atoms with Gasteiger partial charge in [-0.3, -0.25) is 4.79 Å². The summed E-state index contributed by atoms with van der Waals surface area (Å²) in [7, 11) is 5.14. The van der Waals surface area contributed by atoms with Crippen molar-refractivity contribution in [1.82, 2.24) is 14.9 Å². The van der Waals surface area contributed by atoms with Crippen LogP contribution in [-0.4, -0.2) is 36.2 Å². The lowest BCUT2D eigenvalue weighted by Crippen LogP contribution is -2.25. The second-order valence-corrected chi connectivity index (χ2v) is 6.00. The Labute approximate surface area is 152 Å². The molecule has 6 nitrogen and oxygen atoms in total. The Hall–Kier alpha value is -3.02. The van der Waals surface area contributed by atoms with Crippen molar-refractivity contribution in [3.63, 3.8) is 0 Å². The average molecular weight is 353 g/mol. The number of fused-ring (bicyclic) bond motifs is 1. The van der Waals surface area contributed by atoms with E-state index >= 15 is 0 Å². The van der Waals surface area contributed by atoms with Crippen LogP contribution < -0.4 is 14.8 Å². The third kappa shape index (κ3) is 3.64. The second-order valence-electron chi connectivity index (χ2n) is 6.00. The van der Waals surface area contributed by atoms with E-state index in [1.807, 2.05) is 25.2 Å². The molecule has 136 valence electrons. The molecule has 6 heteroatoms. The number of carbonyl (C=O) groups is 1. The van der Waals surface area contributed by atoms with Gasteiger partial charge in [0, 0.05) is 25.6 Å². The summed E-state index contributed by atoms with van der Waals surface area (Å²) in [6.45, 7) is 0.580. The van der Waals surface area contributed by atoms with Crippen molar-refractivity contribution in [3.8, 4) is 11.5 Å². The van der Waals surface area contributed by atoms with E-state index in [0.717, 1.165) is 29.7 Å². The summed E-state index contributed by atoms with van der Waals surface area (Å²) >= 11 is 0. The number of hydrogen-bond donors (Lipinski definition) is 1. The summed E-state index contributed by atoms with van der Waals surface area (Å²) in [6.07, 6.45) is 1.62. The van der Waals surface area contributed by atoms with Crippen molar-refractivity contribution in [2.24, 2.45) is 7.05 Å². The van der Waals surface area contributed by atoms with E-state index in [-0.39, 0.29) is 5.91 Å². The highest BCUT2D eigenvalue weighted by Gasteiger charge is 2.11. The van der Waals surface area contributed by atoms with Crippen molar-refractivity contribution in [1.29, 1.82) is 0 Å². The first-order chi connectivity index (χ1) is 12.6. The minimum Gasteiger partial charge on any atom is -0.493 e. The molecule has 1 N–H and O–H groups in total. The zero-order valence-electron chi connectivity index (χ0n) is 15.3. The summed E-state index contributed by atoms with van der Waals surface area (Å²) in [6, 6.07) is 13.2. The number of ether oxygens (including phenoxy) is 2. The molecule has 0 aliphatic carbocycles. The lowest BCUT2D eigenvalue weighted by molar-refractivity contribution is 0.0952. The fourth-order valence-electron chi connectivity index (χ4n) is 2.95. The lowest BCUT2D eigenvalue weighted by atomic mass is 10.2. The van der Waals surface area contributed by atoms with Gasteiger partial charge in [-0.2, -0.15) is 0 Å². The van der Waals surface area contributed by atoms with Crippen LogP contribution in [-0.2, 0) is 13.5 Å². The number of aryl methyl sites for hydroxylation is 2. The molecule has 0 saturated heterocycles. The zero-order valence-corrected chi connectivity index (χ0v) is 15.3. The number of rotatable bonds is 7. The van der Waals surface area contributed by atoms with Crippen molar-refractivity contribution in [3.05, 3.63) is 53.9 Å². The predicted molar refractivity (Wildman–Crippen MR) is 101 cm³/mol. The molecule has 1 heterocycles. The molecular formula is C20H23N3O3. The molecule has 0 saturated carbocycles. The number of methoxy groups -OCH3 is 2. The third-order valence-corrected chi connectivity index (χ3v) is 4.39. The lowest BCUT2D eigenvalue weighted by Gasteiger charge is -2.10. The maximum atomic E-state index is 12.3. The van der Waals surface area contributed by atoms with E-state index in [9.17, 15) is 4.79 Å². The molecule has 0 unspecified atom stereocenters. The van der Waals surface area contributed by atoms with Gasteiger partial charge >= 0.3 is 0 Å². The molecular weight excluding hydrogens is 330 g/mol. The van der Waals surface area contributed by atoms with Crippen LogP contribution in [0, 0.1) is 0 Å². The molecule has 0 radical (unpaired) electrons. The number of amides is 1. The monoisotopic (exact) mass is 353 g/mol. The van der Waals surface area contributed by atoms with Gasteiger partial charge in [0.1, 0.15) is 5.82 Å². The summed E-state index contributed by atoms with van der Waals surface area (Å²) < 4.78 is 12.5. The first-order valence-electron chi connectivity index (χ1n) is 8.54. The molecule has 0 fully saturated rings. The first-order valence-corrected chi connectivity index (χ1v) is 8.54. The van der Waals surface area contributed by atoms with Gasteiger partial charge in [-0.1, -0.05) is 12.1 Å². The number of imidazole rings is 1. The number of hydrogen-bond acceptors (Lipinski definition) is 4. The topological polar surface area (TPSA) is 65.4 Å². The van der Waals surface area contributed by atoms with Crippen molar-refractivity contribution in [2.45, 2.75) is 12.8 Å². The van der Waals surface area contributed by atoms with E-state index in [4.69, 9.17) is 9.47 Å². The van der Waals surface area contributed by atoms with Gasteiger partial charge in [-0.25, -0.2) is 4.98 Å². The summed E-state index contributed by atoms with van der Waals surface area (Å²) in [5.74, 6) is 2.04. The number of benzene rings is 2. The van der Waals surface area contributed by atoms with Gasteiger partial charge in [0.05, 0.1) is 25.3 Å². The van der Waals surface area contributed by atoms with Crippen LogP contribution in [0.4, 0.5) is 0 Å². The molecule has 1 amide bonds. The number of aromatic nitrogens is 2. The Bertz CT molecular complexity index is 918. The van der Waals surface area contributed by atoms with Crippen LogP contribution in [0.3, 0.4) is 0 Å². The molecule has 1 aromatic heterocycles. The summed E-state index contributed by atoms with van der Waals surface area (Å²) in [5.41, 5.74) is 2.67. The minimum atomic E-state index is -0.129. The van der Waals surface area contributed by atoms with E-state index in [1.54, 1.807) is 32.4 Å². The molecule has 0 atom stereocenters. The molecule has 26 heavy (non-hydrogen) atoms. The molecule has 0 spiro atoms. The Kier molecular flexibility index (Phi) is 5.41. The second kappa shape index (κ2) is 7.91. The normalized spacial score (nSPS) is 10.7. The van der Waals surface area contributed by atoms with Crippen LogP contribution in [0.1, 0.15) is 22.6 Å². The Morgan fingerprint density at radius 3 is 2.62 bits per heavy atom. The van der Waals surface area contributed by atoms with Crippen molar-refractivity contribution in [2.75, 3.05) is 20.8 Å². The number of para-hydroxylation sites is 2. The van der Waals surface area contributed by atoms with E-state index < -0.39 is 0 Å². The van der Waals surface area contributed by atoms with Gasteiger partial charge in [-0.05, 0) is 36.8 Å². The smallest absolute Gasteiger partial charge is 0.251 e. The van der Waals surface area contributed by atoms with Gasteiger partial charge in [0.25, 0.3) is 5.91 Å². The average Bonchev–Trinajstić information content (AvgIpc) is 3.00. The number of nitrogens with zero attached hydrogens (tertiary/aromatic N) is 2. The highest BCUT2D eigenvalue weighted by molar-refractivity contribution is 5.94. The maximum Gasteiger partial charge on any atom is 0.251 e. The van der Waals surface area contributed by atoms with Crippen LogP contribution in [0.25, 0.3) is 11.0 Å². The number of nitrogens with one attached hydrogen (secondary N) is 1. The van der Waals surface area contributed by atoms with Crippen molar-refractivity contribution < 1.29 is 14.3 Å². The third-order valence-electron chi connectivity index (χ3n) is 4.39. The maximum absolute atomic E-state index is 12.3. The van der Waals surface area contributed by atoms with Gasteiger partial charge < -0.3 is 19.4 Å². The summed E-state index contributed by atoms with van der Waals surface area (Å²) in [5, 5.41) is 2.94. The standard InChI is InChI=1S/C20H23N3O3/c1-23-16-8-5-4-7-15(16)22-19(23)9-6-12-21-20(24)14-10-11-17(25-2)18(13-14)26-3/h4-5,7-8,10-11,13H,6,9,12H2,1-3H3,(H,21,24). The molecule has 3 rings (SSSR count). The molecule has 0 bridgehead atoms. The van der Waals surface area contributed by atoms with E-state index in [0.29, 0.717) is 23.6 Å². The largest absolute Gasteiger partial charge is 0.493 e. The van der Waals surface area contributed by atoms with E-state index in [1.165, 1.54) is 0 Å². The van der Waals surface area contributed by atoms with Crippen LogP contribution >= 0.6 is 0 Å². The van der Waals surface area contributed by atoms with Crippen LogP contribution in [0.2, 0.25) is 0 Å². The molecule has 0 aliphatic heterocycles. The SMILES string of the molecule is COc1ccc(C(=O)NCCCc2nc3ccccc3n2C)cc1OC. The quantitative estimate of drug-likeness (QED) is 0.663. The fourth-order valence-corrected chi connectivity index (χ4v) is 2.95. The Morgan fingerprint density at radius 1 is 1.12 bits per heavy atom. The van der Waals surface area contributed by atoms with Gasteiger partial charge in [-0.15, -0.1) is 0 Å². The molecule has 2 aromatic carbocycles. The summed E-state index contributed by atoms with van der Waals surface area (Å²) in [4.78, 5) is 17.0. The predicted octanol–water partition coefficient (Wildman–Crippen LogP) is 2.95. The fraction of sp³-hybridized carbons (Fsp3) is 0.300. The zero-order chi connectivity index (χ0) is 18.5. The van der Waals surface area contributed by atoms with Gasteiger partial charge in [0.2, 0.25) is 0 Å². The van der Waals surface area contributed by atoms with Crippen LogP contribution in [0.5, 0.6) is 11.5 Å². The highest BCUT2D eigenvalue weighted by atomic mass is 16.5. The molecule has 3 aromatic rings.